The van der Waals surface area contributed by atoms with Gasteiger partial charge in [-0.05, 0) is 57.8 Å². The van der Waals surface area contributed by atoms with Gasteiger partial charge in [-0.3, -0.25) is 4.79 Å². The van der Waals surface area contributed by atoms with Gasteiger partial charge >= 0.3 is 0 Å². The van der Waals surface area contributed by atoms with Crippen molar-refractivity contribution in [1.29, 1.82) is 0 Å². The number of unbranched alkanes of at least 4 members (excludes halogenated alkanes) is 29. The fourth-order valence-corrected chi connectivity index (χ4v) is 10.2. The zero-order chi connectivity index (χ0) is 56.7. The van der Waals surface area contributed by atoms with Gasteiger partial charge < -0.3 is 65.1 Å². The van der Waals surface area contributed by atoms with Crippen LogP contribution < -0.4 is 5.32 Å². The van der Waals surface area contributed by atoms with Gasteiger partial charge in [-0.1, -0.05) is 242 Å². The number of carbonyl (C=O) groups excluding carboxylic acids is 1. The fraction of sp³-hybridized carbons (Fsp3) is 0.828. The summed E-state index contributed by atoms with van der Waals surface area (Å²) in [5.74, 6) is -0.239. The van der Waals surface area contributed by atoms with Crippen molar-refractivity contribution in [2.75, 3.05) is 19.8 Å². The summed E-state index contributed by atoms with van der Waals surface area (Å²) in [7, 11) is 0. The normalized spacial score (nSPS) is 24.9. The summed E-state index contributed by atoms with van der Waals surface area (Å²) >= 11 is 0. The lowest BCUT2D eigenvalue weighted by molar-refractivity contribution is -0.359. The van der Waals surface area contributed by atoms with Crippen molar-refractivity contribution in [3.63, 3.8) is 0 Å². The molecule has 454 valence electrons. The SMILES string of the molecule is CC/C=C\C/C=C\C/C=C\C/C=C\CCCCCCCCCCCCCCCCCCC(=O)NC(COC1OC(CO)C(OC2OC(CO)C(O)C(O)C2O)C(O)C1O)C(O)/C=C/CCCCCCCCCCCCCCC. The maximum Gasteiger partial charge on any atom is 0.220 e. The van der Waals surface area contributed by atoms with Crippen molar-refractivity contribution in [1.82, 2.24) is 5.32 Å². The number of amides is 1. The summed E-state index contributed by atoms with van der Waals surface area (Å²) in [6, 6.07) is -0.915. The zero-order valence-electron chi connectivity index (χ0n) is 48.9. The van der Waals surface area contributed by atoms with Crippen molar-refractivity contribution < 1.29 is 64.6 Å². The Kier molecular flexibility index (Phi) is 45.4. The molecule has 0 aliphatic carbocycles. The van der Waals surface area contributed by atoms with E-state index < -0.39 is 86.8 Å². The number of hydrogen-bond acceptors (Lipinski definition) is 13. The first kappa shape index (κ1) is 71.8. The molecule has 0 aromatic rings. The van der Waals surface area contributed by atoms with E-state index in [9.17, 15) is 45.6 Å². The van der Waals surface area contributed by atoms with E-state index in [1.807, 2.05) is 6.08 Å². The molecular formula is C64H115NO13. The standard InChI is InChI=1S/C64H115NO13/c1-3-5-7-9-11-13-15-17-19-20-21-22-23-24-25-26-27-28-29-30-31-32-34-36-38-40-42-44-46-48-56(69)65-52(53(68)47-45-43-41-39-37-35-33-18-16-14-12-10-8-6-4-2)51-75-63-61(74)59(72)62(55(50-67)77-63)78-64-60(73)58(71)57(70)54(49-66)76-64/h5,7,11,13,17,19,21-22,45,47,52-55,57-64,66-68,70-74H,3-4,6,8-10,12,14-16,18,20,23-44,46,48-51H2,1-2H3,(H,65,69)/b7-5-,13-11-,19-17-,22-21-,47-45+. The Bertz CT molecular complexity index is 1540. The average Bonchev–Trinajstić information content (AvgIpc) is 3.47. The number of rotatable bonds is 50. The number of hydrogen-bond donors (Lipinski definition) is 9. The van der Waals surface area contributed by atoms with E-state index in [1.165, 1.54) is 154 Å². The van der Waals surface area contributed by atoms with E-state index >= 15 is 0 Å². The lowest BCUT2D eigenvalue weighted by Crippen LogP contribution is -2.65. The molecule has 2 saturated heterocycles. The average molecular weight is 1110 g/mol. The van der Waals surface area contributed by atoms with Crippen LogP contribution in [0.25, 0.3) is 0 Å². The van der Waals surface area contributed by atoms with Gasteiger partial charge in [-0.2, -0.15) is 0 Å². The molecule has 14 heteroatoms. The molecule has 14 nitrogen and oxygen atoms in total. The van der Waals surface area contributed by atoms with Crippen LogP contribution in [0.1, 0.15) is 245 Å². The zero-order valence-corrected chi connectivity index (χ0v) is 48.9. The van der Waals surface area contributed by atoms with Gasteiger partial charge in [0.15, 0.2) is 12.6 Å². The third-order valence-electron chi connectivity index (χ3n) is 15.2. The van der Waals surface area contributed by atoms with Gasteiger partial charge in [0, 0.05) is 6.42 Å². The topological polar surface area (TPSA) is 228 Å². The summed E-state index contributed by atoms with van der Waals surface area (Å²) in [6.45, 7) is 2.69. The molecule has 2 rings (SSSR count). The molecular weight excluding hydrogens is 991 g/mol. The van der Waals surface area contributed by atoms with Crippen LogP contribution >= 0.6 is 0 Å². The van der Waals surface area contributed by atoms with Gasteiger partial charge in [0.1, 0.15) is 48.8 Å². The molecule has 78 heavy (non-hydrogen) atoms. The van der Waals surface area contributed by atoms with E-state index in [2.05, 4.69) is 67.8 Å². The Morgan fingerprint density at radius 3 is 1.36 bits per heavy atom. The third kappa shape index (κ3) is 34.2. The Hall–Kier alpha value is -2.31. The Morgan fingerprint density at radius 1 is 0.474 bits per heavy atom. The van der Waals surface area contributed by atoms with Crippen molar-refractivity contribution in [3.8, 4) is 0 Å². The maximum atomic E-state index is 13.3. The quantitative estimate of drug-likeness (QED) is 0.0204. The van der Waals surface area contributed by atoms with Gasteiger partial charge in [0.2, 0.25) is 5.91 Å². The van der Waals surface area contributed by atoms with E-state index in [-0.39, 0.29) is 18.9 Å². The number of allylic oxidation sites excluding steroid dienone is 9. The van der Waals surface area contributed by atoms with Crippen LogP contribution in [0.3, 0.4) is 0 Å². The van der Waals surface area contributed by atoms with Crippen LogP contribution in [0.5, 0.6) is 0 Å². The van der Waals surface area contributed by atoms with E-state index in [0.717, 1.165) is 64.2 Å². The molecule has 0 radical (unpaired) electrons. The monoisotopic (exact) mass is 1110 g/mol. The van der Waals surface area contributed by atoms with E-state index in [4.69, 9.17) is 18.9 Å². The highest BCUT2D eigenvalue weighted by Crippen LogP contribution is 2.30. The molecule has 0 aromatic carbocycles. The second kappa shape index (κ2) is 49.3. The predicted molar refractivity (Wildman–Crippen MR) is 314 cm³/mol. The molecule has 2 aliphatic rings. The highest BCUT2D eigenvalue weighted by Gasteiger charge is 2.51. The fourth-order valence-electron chi connectivity index (χ4n) is 10.2. The lowest BCUT2D eigenvalue weighted by Gasteiger charge is -2.46. The molecule has 9 N–H and O–H groups in total. The molecule has 0 bridgehead atoms. The molecule has 1 amide bonds. The summed E-state index contributed by atoms with van der Waals surface area (Å²) < 4.78 is 22.8. The van der Waals surface area contributed by atoms with Crippen LogP contribution in [-0.2, 0) is 23.7 Å². The van der Waals surface area contributed by atoms with Crippen LogP contribution in [-0.4, -0.2) is 140 Å². The van der Waals surface area contributed by atoms with E-state index in [0.29, 0.717) is 6.42 Å². The van der Waals surface area contributed by atoms with Crippen molar-refractivity contribution in [2.24, 2.45) is 0 Å². The third-order valence-corrected chi connectivity index (χ3v) is 15.2. The predicted octanol–water partition coefficient (Wildman–Crippen LogP) is 11.3. The van der Waals surface area contributed by atoms with Crippen molar-refractivity contribution in [2.45, 2.75) is 319 Å². The van der Waals surface area contributed by atoms with Gasteiger partial charge in [0.25, 0.3) is 0 Å². The van der Waals surface area contributed by atoms with E-state index in [1.54, 1.807) is 6.08 Å². The van der Waals surface area contributed by atoms with Gasteiger partial charge in [-0.25, -0.2) is 0 Å². The summed E-state index contributed by atoms with van der Waals surface area (Å²) in [6.07, 6.45) is 46.9. The Labute approximate surface area is 473 Å². The van der Waals surface area contributed by atoms with Crippen molar-refractivity contribution in [3.05, 3.63) is 60.8 Å². The number of nitrogens with one attached hydrogen (secondary N) is 1. The first-order valence-corrected chi connectivity index (χ1v) is 31.5. The highest BCUT2D eigenvalue weighted by molar-refractivity contribution is 5.76. The number of aliphatic hydroxyl groups is 8. The number of ether oxygens (including phenoxy) is 4. The molecule has 12 atom stereocenters. The number of aliphatic hydroxyl groups excluding tert-OH is 8. The summed E-state index contributed by atoms with van der Waals surface area (Å²) in [5, 5.41) is 87.1. The molecule has 2 heterocycles. The summed E-state index contributed by atoms with van der Waals surface area (Å²) in [5.41, 5.74) is 0. The minimum atomic E-state index is -1.79. The summed E-state index contributed by atoms with van der Waals surface area (Å²) in [4.78, 5) is 13.3. The minimum Gasteiger partial charge on any atom is -0.394 e. The van der Waals surface area contributed by atoms with Crippen molar-refractivity contribution >= 4 is 5.91 Å². The molecule has 2 aliphatic heterocycles. The second-order valence-electron chi connectivity index (χ2n) is 22.2. The Morgan fingerprint density at radius 2 is 0.885 bits per heavy atom. The molecule has 0 aromatic heterocycles. The highest BCUT2D eigenvalue weighted by atomic mass is 16.7. The second-order valence-corrected chi connectivity index (χ2v) is 22.2. The van der Waals surface area contributed by atoms with Gasteiger partial charge in [0.05, 0.1) is 32.0 Å². The van der Waals surface area contributed by atoms with Crippen LogP contribution in [0.4, 0.5) is 0 Å². The molecule has 12 unspecified atom stereocenters. The number of carbonyl (C=O) groups is 1. The van der Waals surface area contributed by atoms with Crippen LogP contribution in [0, 0.1) is 0 Å². The molecule has 2 fully saturated rings. The first-order chi connectivity index (χ1) is 38.1. The lowest BCUT2D eigenvalue weighted by atomic mass is 9.97. The smallest absolute Gasteiger partial charge is 0.220 e. The van der Waals surface area contributed by atoms with Gasteiger partial charge in [-0.15, -0.1) is 0 Å². The molecule has 0 saturated carbocycles. The maximum absolute atomic E-state index is 13.3. The van der Waals surface area contributed by atoms with Crippen LogP contribution in [0.15, 0.2) is 60.8 Å². The molecule has 0 spiro atoms. The largest absolute Gasteiger partial charge is 0.394 e. The Balaban J connectivity index is 1.68. The van der Waals surface area contributed by atoms with Crippen LogP contribution in [0.2, 0.25) is 0 Å². The minimum absolute atomic E-state index is 0.239. The first-order valence-electron chi connectivity index (χ1n) is 31.5.